The highest BCUT2D eigenvalue weighted by molar-refractivity contribution is 6.03. The van der Waals surface area contributed by atoms with E-state index in [1.54, 1.807) is 25.1 Å². The van der Waals surface area contributed by atoms with E-state index in [1.165, 1.54) is 0 Å². The molecule has 3 N–H and O–H groups in total. The molecule has 1 aromatic rings. The summed E-state index contributed by atoms with van der Waals surface area (Å²) in [6.07, 6.45) is 1.84. The molecule has 1 saturated heterocycles. The van der Waals surface area contributed by atoms with Crippen molar-refractivity contribution in [2.75, 3.05) is 11.9 Å². The standard InChI is InChI=1S/C15H20N2O3/c1-9-6-7-16-12(8-9)14(18)17-11-5-3-4-10(2)13(11)15(19)20/h3-5,9,12,16H,6-8H2,1-2H3,(H,17,18)(H,19,20). The van der Waals surface area contributed by atoms with Crippen molar-refractivity contribution in [3.8, 4) is 0 Å². The van der Waals surface area contributed by atoms with Gasteiger partial charge in [0.1, 0.15) is 0 Å². The average molecular weight is 276 g/mol. The van der Waals surface area contributed by atoms with Crippen molar-refractivity contribution in [2.45, 2.75) is 32.7 Å². The molecule has 1 aliphatic heterocycles. The summed E-state index contributed by atoms with van der Waals surface area (Å²) < 4.78 is 0. The highest BCUT2D eigenvalue weighted by atomic mass is 16.4. The van der Waals surface area contributed by atoms with Gasteiger partial charge in [-0.1, -0.05) is 19.1 Å². The van der Waals surface area contributed by atoms with Crippen LogP contribution in [-0.2, 0) is 4.79 Å². The summed E-state index contributed by atoms with van der Waals surface area (Å²) in [6.45, 7) is 4.66. The minimum Gasteiger partial charge on any atom is -0.478 e. The van der Waals surface area contributed by atoms with Crippen molar-refractivity contribution in [1.82, 2.24) is 5.32 Å². The number of anilines is 1. The van der Waals surface area contributed by atoms with E-state index in [1.807, 2.05) is 0 Å². The fraction of sp³-hybridized carbons (Fsp3) is 0.467. The molecule has 5 nitrogen and oxygen atoms in total. The van der Waals surface area contributed by atoms with Gasteiger partial charge in [-0.3, -0.25) is 4.79 Å². The first-order valence-corrected chi connectivity index (χ1v) is 6.86. The number of piperidine rings is 1. The topological polar surface area (TPSA) is 78.4 Å². The Balaban J connectivity index is 2.15. The smallest absolute Gasteiger partial charge is 0.338 e. The second-order valence-corrected chi connectivity index (χ2v) is 5.43. The fourth-order valence-electron chi connectivity index (χ4n) is 2.58. The van der Waals surface area contributed by atoms with Gasteiger partial charge in [-0.2, -0.15) is 0 Å². The Hall–Kier alpha value is -1.88. The normalized spacial score (nSPS) is 22.3. The van der Waals surface area contributed by atoms with Gasteiger partial charge in [0.05, 0.1) is 17.3 Å². The molecule has 0 bridgehead atoms. The molecule has 0 spiro atoms. The number of amides is 1. The van der Waals surface area contributed by atoms with Gasteiger partial charge in [0.15, 0.2) is 0 Å². The van der Waals surface area contributed by atoms with Gasteiger partial charge < -0.3 is 15.7 Å². The number of carboxylic acids is 1. The van der Waals surface area contributed by atoms with Crippen LogP contribution in [0.25, 0.3) is 0 Å². The van der Waals surface area contributed by atoms with Gasteiger partial charge in [-0.15, -0.1) is 0 Å². The van der Waals surface area contributed by atoms with Crippen LogP contribution in [0.4, 0.5) is 5.69 Å². The third-order valence-electron chi connectivity index (χ3n) is 3.73. The second-order valence-electron chi connectivity index (χ2n) is 5.43. The van der Waals surface area contributed by atoms with Crippen molar-refractivity contribution in [3.63, 3.8) is 0 Å². The Morgan fingerprint density at radius 1 is 1.40 bits per heavy atom. The Labute approximate surface area is 118 Å². The highest BCUT2D eigenvalue weighted by Gasteiger charge is 2.25. The van der Waals surface area contributed by atoms with E-state index in [2.05, 4.69) is 17.6 Å². The maximum atomic E-state index is 12.2. The van der Waals surface area contributed by atoms with Crippen LogP contribution in [0.15, 0.2) is 18.2 Å². The minimum absolute atomic E-state index is 0.157. The van der Waals surface area contributed by atoms with Crippen molar-refractivity contribution < 1.29 is 14.7 Å². The molecule has 1 heterocycles. The van der Waals surface area contributed by atoms with Gasteiger partial charge in [0.25, 0.3) is 0 Å². The van der Waals surface area contributed by atoms with Gasteiger partial charge in [0, 0.05) is 0 Å². The first-order valence-electron chi connectivity index (χ1n) is 6.86. The molecular formula is C15H20N2O3. The molecule has 0 radical (unpaired) electrons. The fourth-order valence-corrected chi connectivity index (χ4v) is 2.58. The summed E-state index contributed by atoms with van der Waals surface area (Å²) in [7, 11) is 0. The lowest BCUT2D eigenvalue weighted by Crippen LogP contribution is -2.45. The number of carboxylic acid groups (broad SMARTS) is 1. The van der Waals surface area contributed by atoms with Crippen molar-refractivity contribution in [1.29, 1.82) is 0 Å². The van der Waals surface area contributed by atoms with E-state index in [9.17, 15) is 14.7 Å². The first kappa shape index (κ1) is 14.5. The number of rotatable bonds is 3. The maximum Gasteiger partial charge on any atom is 0.338 e. The zero-order chi connectivity index (χ0) is 14.7. The second kappa shape index (κ2) is 6.05. The first-order chi connectivity index (χ1) is 9.49. The van der Waals surface area contributed by atoms with Crippen LogP contribution in [0.2, 0.25) is 0 Å². The number of nitrogens with one attached hydrogen (secondary N) is 2. The molecule has 2 unspecified atom stereocenters. The number of carbonyl (C=O) groups is 2. The summed E-state index contributed by atoms with van der Waals surface area (Å²) in [5, 5.41) is 15.2. The number of hydrogen-bond acceptors (Lipinski definition) is 3. The molecule has 0 saturated carbocycles. The van der Waals surface area contributed by atoms with Crippen LogP contribution in [-0.4, -0.2) is 29.6 Å². The number of benzene rings is 1. The van der Waals surface area contributed by atoms with Crippen LogP contribution in [0.1, 0.15) is 35.7 Å². The van der Waals surface area contributed by atoms with E-state index in [4.69, 9.17) is 0 Å². The van der Waals surface area contributed by atoms with Crippen LogP contribution < -0.4 is 10.6 Å². The van der Waals surface area contributed by atoms with Gasteiger partial charge in [-0.25, -0.2) is 4.79 Å². The van der Waals surface area contributed by atoms with E-state index in [0.29, 0.717) is 17.2 Å². The lowest BCUT2D eigenvalue weighted by Gasteiger charge is -2.27. The minimum atomic E-state index is -1.02. The quantitative estimate of drug-likeness (QED) is 0.789. The van der Waals surface area contributed by atoms with Crippen LogP contribution in [0.5, 0.6) is 0 Å². The monoisotopic (exact) mass is 276 g/mol. The van der Waals surface area contributed by atoms with Gasteiger partial charge >= 0.3 is 5.97 Å². The summed E-state index contributed by atoms with van der Waals surface area (Å²) >= 11 is 0. The molecule has 0 aromatic heterocycles. The maximum absolute atomic E-state index is 12.2. The third-order valence-corrected chi connectivity index (χ3v) is 3.73. The van der Waals surface area contributed by atoms with Crippen LogP contribution in [0.3, 0.4) is 0 Å². The Kier molecular flexibility index (Phi) is 4.39. The summed E-state index contributed by atoms with van der Waals surface area (Å²) in [5.74, 6) is -0.684. The number of aryl methyl sites for hydroxylation is 1. The zero-order valence-electron chi connectivity index (χ0n) is 11.8. The SMILES string of the molecule is Cc1cccc(NC(=O)C2CC(C)CCN2)c1C(=O)O. The number of hydrogen-bond donors (Lipinski definition) is 3. The van der Waals surface area contributed by atoms with E-state index in [-0.39, 0.29) is 17.5 Å². The molecule has 1 fully saturated rings. The zero-order valence-corrected chi connectivity index (χ0v) is 11.8. The molecule has 108 valence electrons. The Morgan fingerprint density at radius 3 is 2.80 bits per heavy atom. The molecule has 5 heteroatoms. The summed E-state index contributed by atoms with van der Waals surface area (Å²) in [6, 6.07) is 4.84. The number of aromatic carboxylic acids is 1. The molecular weight excluding hydrogens is 256 g/mol. The van der Waals surface area contributed by atoms with Crippen molar-refractivity contribution in [2.24, 2.45) is 5.92 Å². The van der Waals surface area contributed by atoms with Gasteiger partial charge in [-0.05, 0) is 43.9 Å². The van der Waals surface area contributed by atoms with Crippen LogP contribution in [0, 0.1) is 12.8 Å². The predicted octanol–water partition coefficient (Wildman–Crippen LogP) is 2.02. The lowest BCUT2D eigenvalue weighted by molar-refractivity contribution is -0.119. The average Bonchev–Trinajstić information content (AvgIpc) is 2.38. The van der Waals surface area contributed by atoms with Gasteiger partial charge in [0.2, 0.25) is 5.91 Å². The predicted molar refractivity (Wildman–Crippen MR) is 77.0 cm³/mol. The summed E-state index contributed by atoms with van der Waals surface area (Å²) in [5.41, 5.74) is 1.16. The molecule has 0 aliphatic carbocycles. The molecule has 2 rings (SSSR count). The van der Waals surface area contributed by atoms with E-state index >= 15 is 0 Å². The molecule has 1 aliphatic rings. The van der Waals surface area contributed by atoms with E-state index < -0.39 is 5.97 Å². The largest absolute Gasteiger partial charge is 0.478 e. The molecule has 20 heavy (non-hydrogen) atoms. The Morgan fingerprint density at radius 2 is 2.15 bits per heavy atom. The van der Waals surface area contributed by atoms with Crippen molar-refractivity contribution in [3.05, 3.63) is 29.3 Å². The molecule has 1 amide bonds. The van der Waals surface area contributed by atoms with Crippen molar-refractivity contribution >= 4 is 17.6 Å². The van der Waals surface area contributed by atoms with Crippen LogP contribution >= 0.6 is 0 Å². The summed E-state index contributed by atoms with van der Waals surface area (Å²) in [4.78, 5) is 23.5. The lowest BCUT2D eigenvalue weighted by atomic mass is 9.94. The third kappa shape index (κ3) is 3.17. The molecule has 1 aromatic carbocycles. The number of carbonyl (C=O) groups excluding carboxylic acids is 1. The molecule has 2 atom stereocenters. The Bertz CT molecular complexity index is 528. The highest BCUT2D eigenvalue weighted by Crippen LogP contribution is 2.21. The van der Waals surface area contributed by atoms with E-state index in [0.717, 1.165) is 19.4 Å².